The monoisotopic (exact) mass is 221 g/mol. The molecule has 84 valence electrons. The summed E-state index contributed by atoms with van der Waals surface area (Å²) in [5, 5.41) is 5.21. The molecule has 2 aromatic rings. The minimum atomic E-state index is -0.319. The van der Waals surface area contributed by atoms with Gasteiger partial charge in [0.2, 0.25) is 0 Å². The fourth-order valence-electron chi connectivity index (χ4n) is 2.18. The number of nitrogens with two attached hydrogens (primary N) is 1. The van der Waals surface area contributed by atoms with Crippen LogP contribution in [0.15, 0.2) is 12.1 Å². The van der Waals surface area contributed by atoms with Crippen molar-refractivity contribution in [2.75, 3.05) is 13.2 Å². The Hall–Kier alpha value is -1.62. The maximum absolute atomic E-state index is 13.5. The highest BCUT2D eigenvalue weighted by molar-refractivity contribution is 5.88. The van der Waals surface area contributed by atoms with Gasteiger partial charge in [-0.1, -0.05) is 0 Å². The summed E-state index contributed by atoms with van der Waals surface area (Å²) in [6.07, 6.45) is 0.757. The first kappa shape index (κ1) is 9.59. The number of halogens is 1. The van der Waals surface area contributed by atoms with Crippen LogP contribution in [0.5, 0.6) is 5.75 Å². The third-order valence-corrected chi connectivity index (χ3v) is 2.84. The highest BCUT2D eigenvalue weighted by atomic mass is 19.1. The summed E-state index contributed by atoms with van der Waals surface area (Å²) in [7, 11) is 0. The van der Waals surface area contributed by atoms with Crippen molar-refractivity contribution in [1.82, 2.24) is 9.78 Å². The van der Waals surface area contributed by atoms with Crippen LogP contribution >= 0.6 is 0 Å². The lowest BCUT2D eigenvalue weighted by Crippen LogP contribution is -2.17. The van der Waals surface area contributed by atoms with Crippen LogP contribution < -0.4 is 10.5 Å². The molecule has 0 fully saturated rings. The Balaban J connectivity index is 2.31. The zero-order valence-corrected chi connectivity index (χ0v) is 8.74. The molecule has 4 nitrogen and oxygen atoms in total. The van der Waals surface area contributed by atoms with Crippen molar-refractivity contribution in [2.24, 2.45) is 5.73 Å². The number of benzene rings is 1. The average Bonchev–Trinajstić information content (AvgIpc) is 2.65. The molecule has 2 N–H and O–H groups in total. The third kappa shape index (κ3) is 1.21. The van der Waals surface area contributed by atoms with Crippen LogP contribution in [0.3, 0.4) is 0 Å². The van der Waals surface area contributed by atoms with Gasteiger partial charge in [-0.15, -0.1) is 0 Å². The quantitative estimate of drug-likeness (QED) is 0.825. The first-order chi connectivity index (χ1) is 7.81. The standard InChI is InChI=1S/C11H12FN3O/c12-7-1-2-8-10-9(3-6-16-11(7)10)15(14-8)5-4-13/h1-2H,3-6,13H2. The summed E-state index contributed by atoms with van der Waals surface area (Å²) in [4.78, 5) is 0. The third-order valence-electron chi connectivity index (χ3n) is 2.84. The van der Waals surface area contributed by atoms with E-state index in [1.807, 2.05) is 4.68 Å². The number of hydrogen-bond acceptors (Lipinski definition) is 3. The van der Waals surface area contributed by atoms with Gasteiger partial charge < -0.3 is 10.5 Å². The second kappa shape index (κ2) is 3.45. The number of aromatic nitrogens is 2. The van der Waals surface area contributed by atoms with Crippen molar-refractivity contribution in [3.05, 3.63) is 23.6 Å². The molecule has 0 aliphatic carbocycles. The van der Waals surface area contributed by atoms with Crippen molar-refractivity contribution in [2.45, 2.75) is 13.0 Å². The molecule has 1 aliphatic heterocycles. The van der Waals surface area contributed by atoms with Gasteiger partial charge in [-0.2, -0.15) is 5.10 Å². The van der Waals surface area contributed by atoms with E-state index in [4.69, 9.17) is 10.5 Å². The van der Waals surface area contributed by atoms with Crippen LogP contribution in [0, 0.1) is 5.82 Å². The van der Waals surface area contributed by atoms with Gasteiger partial charge in [0.05, 0.1) is 29.7 Å². The highest BCUT2D eigenvalue weighted by Crippen LogP contribution is 2.34. The molecule has 0 unspecified atom stereocenters. The number of ether oxygens (including phenoxy) is 1. The maximum Gasteiger partial charge on any atom is 0.166 e. The molecule has 0 spiro atoms. The summed E-state index contributed by atoms with van der Waals surface area (Å²) < 4.78 is 20.8. The molecule has 0 saturated carbocycles. The SMILES string of the molecule is NCCn1nc2ccc(F)c3c2c1CCO3. The second-order valence-electron chi connectivity index (χ2n) is 3.83. The zero-order chi connectivity index (χ0) is 11.1. The molecule has 16 heavy (non-hydrogen) atoms. The molecule has 5 heteroatoms. The molecule has 1 aromatic heterocycles. The molecular formula is C11H12FN3O. The molecule has 0 amide bonds. The first-order valence-corrected chi connectivity index (χ1v) is 5.32. The van der Waals surface area contributed by atoms with E-state index in [0.717, 1.165) is 23.0 Å². The van der Waals surface area contributed by atoms with Crippen molar-refractivity contribution in [1.29, 1.82) is 0 Å². The predicted octanol–water partition coefficient (Wildman–Crippen LogP) is 1.07. The van der Waals surface area contributed by atoms with Gasteiger partial charge in [0.1, 0.15) is 0 Å². The molecule has 0 bridgehead atoms. The van der Waals surface area contributed by atoms with Crippen molar-refractivity contribution >= 4 is 10.9 Å². The normalized spacial score (nSPS) is 14.1. The minimum absolute atomic E-state index is 0.319. The van der Waals surface area contributed by atoms with Crippen molar-refractivity contribution < 1.29 is 9.13 Å². The number of hydrogen-bond donors (Lipinski definition) is 1. The molecular weight excluding hydrogens is 209 g/mol. The Morgan fingerprint density at radius 1 is 1.50 bits per heavy atom. The summed E-state index contributed by atoms with van der Waals surface area (Å²) >= 11 is 0. The molecule has 0 saturated heterocycles. The van der Waals surface area contributed by atoms with Crippen LogP contribution in [-0.4, -0.2) is 22.9 Å². The average molecular weight is 221 g/mol. The van der Waals surface area contributed by atoms with Crippen molar-refractivity contribution in [3.8, 4) is 5.75 Å². The van der Waals surface area contributed by atoms with Crippen LogP contribution in [0.4, 0.5) is 4.39 Å². The fraction of sp³-hybridized carbons (Fsp3) is 0.364. The van der Waals surface area contributed by atoms with E-state index in [2.05, 4.69) is 5.10 Å². The number of rotatable bonds is 2. The van der Waals surface area contributed by atoms with E-state index in [0.29, 0.717) is 25.4 Å². The van der Waals surface area contributed by atoms with Gasteiger partial charge in [-0.05, 0) is 12.1 Å². The minimum Gasteiger partial charge on any atom is -0.489 e. The Kier molecular flexibility index (Phi) is 2.07. The molecule has 1 aliphatic rings. The fourth-order valence-corrected chi connectivity index (χ4v) is 2.18. The number of nitrogens with zero attached hydrogens (tertiary/aromatic N) is 2. The summed E-state index contributed by atoms with van der Waals surface area (Å²) in [6, 6.07) is 3.08. The smallest absolute Gasteiger partial charge is 0.166 e. The van der Waals surface area contributed by atoms with Gasteiger partial charge in [-0.25, -0.2) is 4.39 Å². The summed E-state index contributed by atoms with van der Waals surface area (Å²) in [5.41, 5.74) is 7.33. The molecule has 0 radical (unpaired) electrons. The van der Waals surface area contributed by atoms with Gasteiger partial charge in [0.15, 0.2) is 11.6 Å². The Morgan fingerprint density at radius 3 is 3.19 bits per heavy atom. The summed E-state index contributed by atoms with van der Waals surface area (Å²) in [6.45, 7) is 1.68. The van der Waals surface area contributed by atoms with Crippen LogP contribution in [0.1, 0.15) is 5.69 Å². The van der Waals surface area contributed by atoms with E-state index in [-0.39, 0.29) is 5.82 Å². The zero-order valence-electron chi connectivity index (χ0n) is 8.74. The van der Waals surface area contributed by atoms with Gasteiger partial charge >= 0.3 is 0 Å². The highest BCUT2D eigenvalue weighted by Gasteiger charge is 2.22. The second-order valence-corrected chi connectivity index (χ2v) is 3.83. The van der Waals surface area contributed by atoms with Crippen molar-refractivity contribution in [3.63, 3.8) is 0 Å². The van der Waals surface area contributed by atoms with E-state index in [1.165, 1.54) is 6.07 Å². The first-order valence-electron chi connectivity index (χ1n) is 5.32. The Bertz CT molecular complexity index is 550. The molecule has 3 rings (SSSR count). The largest absolute Gasteiger partial charge is 0.489 e. The van der Waals surface area contributed by atoms with Crippen LogP contribution in [0.2, 0.25) is 0 Å². The summed E-state index contributed by atoms with van der Waals surface area (Å²) in [5.74, 6) is 0.0165. The van der Waals surface area contributed by atoms with Gasteiger partial charge in [0, 0.05) is 13.0 Å². The maximum atomic E-state index is 13.5. The lowest BCUT2D eigenvalue weighted by Gasteiger charge is -2.15. The topological polar surface area (TPSA) is 53.1 Å². The van der Waals surface area contributed by atoms with E-state index < -0.39 is 0 Å². The molecule has 2 heterocycles. The lowest BCUT2D eigenvalue weighted by atomic mass is 10.1. The predicted molar refractivity (Wildman–Crippen MR) is 57.9 cm³/mol. The molecule has 0 atom stereocenters. The van der Waals surface area contributed by atoms with E-state index in [9.17, 15) is 4.39 Å². The van der Waals surface area contributed by atoms with Crippen LogP contribution in [-0.2, 0) is 13.0 Å². The van der Waals surface area contributed by atoms with E-state index >= 15 is 0 Å². The van der Waals surface area contributed by atoms with Gasteiger partial charge in [0.25, 0.3) is 0 Å². The lowest BCUT2D eigenvalue weighted by molar-refractivity contribution is 0.297. The Labute approximate surface area is 91.8 Å². The van der Waals surface area contributed by atoms with Crippen LogP contribution in [0.25, 0.3) is 10.9 Å². The molecule has 1 aromatic carbocycles. The Morgan fingerprint density at radius 2 is 2.38 bits per heavy atom. The van der Waals surface area contributed by atoms with Gasteiger partial charge in [-0.3, -0.25) is 4.68 Å². The van der Waals surface area contributed by atoms with E-state index in [1.54, 1.807) is 6.07 Å².